The third-order valence-corrected chi connectivity index (χ3v) is 7.67. The third kappa shape index (κ3) is 4.24. The lowest BCUT2D eigenvalue weighted by Gasteiger charge is -2.19. The van der Waals surface area contributed by atoms with Gasteiger partial charge in [0.25, 0.3) is 5.56 Å². The quantitative estimate of drug-likeness (QED) is 0.568. The topological polar surface area (TPSA) is 64.0 Å². The van der Waals surface area contributed by atoms with Crippen molar-refractivity contribution in [2.45, 2.75) is 77.5 Å². The van der Waals surface area contributed by atoms with Gasteiger partial charge in [0.1, 0.15) is 4.83 Å². The standard InChI is InChI=1S/C20H29N3O2S2/c1-11(2)13(4)21-16(24)10-26-20-22-18-17(12(3)14(5)27-18)19(25)23(20)15-8-6-7-9-15/h11,13,15H,6-10H2,1-5H3,(H,21,24). The van der Waals surface area contributed by atoms with E-state index in [2.05, 4.69) is 19.2 Å². The fourth-order valence-corrected chi connectivity index (χ4v) is 5.41. The highest BCUT2D eigenvalue weighted by Gasteiger charge is 2.25. The Morgan fingerprint density at radius 3 is 2.59 bits per heavy atom. The summed E-state index contributed by atoms with van der Waals surface area (Å²) in [7, 11) is 0. The molecule has 0 aliphatic heterocycles. The van der Waals surface area contributed by atoms with Crippen molar-refractivity contribution in [3.8, 4) is 0 Å². The molecule has 1 aliphatic carbocycles. The molecular formula is C20H29N3O2S2. The van der Waals surface area contributed by atoms with Gasteiger partial charge in [-0.15, -0.1) is 11.3 Å². The minimum absolute atomic E-state index is 0.00735. The number of hydrogen-bond acceptors (Lipinski definition) is 5. The highest BCUT2D eigenvalue weighted by atomic mass is 32.2. The lowest BCUT2D eigenvalue weighted by molar-refractivity contribution is -0.119. The maximum atomic E-state index is 13.3. The van der Waals surface area contributed by atoms with E-state index >= 15 is 0 Å². The lowest BCUT2D eigenvalue weighted by atomic mass is 10.1. The molecular weight excluding hydrogens is 378 g/mol. The van der Waals surface area contributed by atoms with Crippen LogP contribution in [0.1, 0.15) is 62.9 Å². The van der Waals surface area contributed by atoms with Crippen LogP contribution in [0.15, 0.2) is 9.95 Å². The predicted molar refractivity (Wildman–Crippen MR) is 114 cm³/mol. The van der Waals surface area contributed by atoms with Gasteiger partial charge in [-0.25, -0.2) is 4.98 Å². The number of rotatable bonds is 6. The molecule has 1 fully saturated rings. The van der Waals surface area contributed by atoms with E-state index in [1.165, 1.54) is 11.8 Å². The number of thioether (sulfide) groups is 1. The first-order chi connectivity index (χ1) is 12.8. The summed E-state index contributed by atoms with van der Waals surface area (Å²) in [5.74, 6) is 0.666. The number of aryl methyl sites for hydroxylation is 2. The Morgan fingerprint density at radius 1 is 1.30 bits per heavy atom. The fraction of sp³-hybridized carbons (Fsp3) is 0.650. The van der Waals surface area contributed by atoms with Gasteiger partial charge in [0, 0.05) is 17.0 Å². The Hall–Kier alpha value is -1.34. The minimum Gasteiger partial charge on any atom is -0.353 e. The maximum Gasteiger partial charge on any atom is 0.263 e. The molecule has 1 amide bonds. The summed E-state index contributed by atoms with van der Waals surface area (Å²) < 4.78 is 1.87. The molecule has 0 spiro atoms. The van der Waals surface area contributed by atoms with Crippen LogP contribution in [0, 0.1) is 19.8 Å². The number of aromatic nitrogens is 2. The van der Waals surface area contributed by atoms with Gasteiger partial charge in [-0.3, -0.25) is 14.2 Å². The zero-order valence-corrected chi connectivity index (χ0v) is 18.4. The number of carbonyl (C=O) groups excluding carboxylic acids is 1. The van der Waals surface area contributed by atoms with Gasteiger partial charge < -0.3 is 5.32 Å². The number of amides is 1. The Kier molecular flexibility index (Phi) is 6.31. The zero-order chi connectivity index (χ0) is 19.7. The molecule has 2 aromatic rings. The Bertz CT molecular complexity index is 895. The lowest BCUT2D eigenvalue weighted by Crippen LogP contribution is -2.37. The summed E-state index contributed by atoms with van der Waals surface area (Å²) in [6, 6.07) is 0.335. The third-order valence-electron chi connectivity index (χ3n) is 5.61. The van der Waals surface area contributed by atoms with E-state index in [1.807, 2.05) is 25.3 Å². The summed E-state index contributed by atoms with van der Waals surface area (Å²) in [6.07, 6.45) is 4.32. The maximum absolute atomic E-state index is 13.3. The van der Waals surface area contributed by atoms with Crippen LogP contribution in [0.2, 0.25) is 0 Å². The molecule has 0 bridgehead atoms. The average Bonchev–Trinajstić information content (AvgIpc) is 3.22. The van der Waals surface area contributed by atoms with Crippen molar-refractivity contribution in [3.63, 3.8) is 0 Å². The van der Waals surface area contributed by atoms with Crippen LogP contribution in [0.25, 0.3) is 10.2 Å². The molecule has 1 aliphatic rings. The van der Waals surface area contributed by atoms with E-state index in [-0.39, 0.29) is 29.3 Å². The van der Waals surface area contributed by atoms with Gasteiger partial charge in [-0.2, -0.15) is 0 Å². The van der Waals surface area contributed by atoms with Gasteiger partial charge in [0.05, 0.1) is 11.1 Å². The minimum atomic E-state index is -0.00735. The fourth-order valence-electron chi connectivity index (χ4n) is 3.47. The molecule has 1 unspecified atom stereocenters. The number of thiophene rings is 1. The van der Waals surface area contributed by atoms with Crippen molar-refractivity contribution < 1.29 is 4.79 Å². The molecule has 0 saturated heterocycles. The van der Waals surface area contributed by atoms with E-state index in [1.54, 1.807) is 11.3 Å². The number of nitrogens with zero attached hydrogens (tertiary/aromatic N) is 2. The van der Waals surface area contributed by atoms with Crippen LogP contribution in [-0.4, -0.2) is 27.3 Å². The van der Waals surface area contributed by atoms with Gasteiger partial charge in [0.2, 0.25) is 5.91 Å². The van der Waals surface area contributed by atoms with E-state index in [0.717, 1.165) is 46.3 Å². The SMILES string of the molecule is Cc1sc2nc(SCC(=O)NC(C)C(C)C)n(C3CCCC3)c(=O)c2c1C. The second-order valence-corrected chi connectivity index (χ2v) is 10.0. The normalized spacial score (nSPS) is 16.4. The van der Waals surface area contributed by atoms with E-state index in [4.69, 9.17) is 4.98 Å². The molecule has 1 saturated carbocycles. The van der Waals surface area contributed by atoms with E-state index in [0.29, 0.717) is 11.1 Å². The number of hydrogen-bond donors (Lipinski definition) is 1. The van der Waals surface area contributed by atoms with Crippen molar-refractivity contribution in [1.29, 1.82) is 0 Å². The van der Waals surface area contributed by atoms with Crippen LogP contribution >= 0.6 is 23.1 Å². The van der Waals surface area contributed by atoms with E-state index in [9.17, 15) is 9.59 Å². The first-order valence-electron chi connectivity index (χ1n) is 9.74. The molecule has 5 nitrogen and oxygen atoms in total. The molecule has 27 heavy (non-hydrogen) atoms. The smallest absolute Gasteiger partial charge is 0.263 e. The summed E-state index contributed by atoms with van der Waals surface area (Å²) in [4.78, 5) is 32.4. The first kappa shape index (κ1) is 20.4. The van der Waals surface area contributed by atoms with Crippen LogP contribution in [0.3, 0.4) is 0 Å². The molecule has 2 aromatic heterocycles. The van der Waals surface area contributed by atoms with Gasteiger partial charge in [0.15, 0.2) is 5.16 Å². The Morgan fingerprint density at radius 2 is 1.96 bits per heavy atom. The summed E-state index contributed by atoms with van der Waals surface area (Å²) in [6.45, 7) is 10.2. The van der Waals surface area contributed by atoms with Crippen LogP contribution in [-0.2, 0) is 4.79 Å². The van der Waals surface area contributed by atoms with Crippen molar-refractivity contribution in [2.24, 2.45) is 5.92 Å². The average molecular weight is 408 g/mol. The number of nitrogens with one attached hydrogen (secondary N) is 1. The van der Waals surface area contributed by atoms with Gasteiger partial charge >= 0.3 is 0 Å². The van der Waals surface area contributed by atoms with Crippen molar-refractivity contribution in [2.75, 3.05) is 5.75 Å². The Labute approximate surface area is 169 Å². The largest absolute Gasteiger partial charge is 0.353 e. The highest BCUT2D eigenvalue weighted by Crippen LogP contribution is 2.34. The van der Waals surface area contributed by atoms with Crippen LogP contribution < -0.4 is 10.9 Å². The predicted octanol–water partition coefficient (Wildman–Crippen LogP) is 4.44. The second-order valence-electron chi connectivity index (χ2n) is 7.86. The van der Waals surface area contributed by atoms with Crippen molar-refractivity contribution >= 4 is 39.2 Å². The Balaban J connectivity index is 1.92. The molecule has 0 aromatic carbocycles. The highest BCUT2D eigenvalue weighted by molar-refractivity contribution is 7.99. The van der Waals surface area contributed by atoms with Crippen LogP contribution in [0.4, 0.5) is 0 Å². The van der Waals surface area contributed by atoms with E-state index < -0.39 is 0 Å². The second kappa shape index (κ2) is 8.35. The molecule has 148 valence electrons. The molecule has 3 rings (SSSR count). The monoisotopic (exact) mass is 407 g/mol. The zero-order valence-electron chi connectivity index (χ0n) is 16.8. The van der Waals surface area contributed by atoms with Crippen molar-refractivity contribution in [1.82, 2.24) is 14.9 Å². The molecule has 7 heteroatoms. The van der Waals surface area contributed by atoms with Gasteiger partial charge in [-0.1, -0.05) is 38.5 Å². The molecule has 1 atom stereocenters. The molecule has 2 heterocycles. The summed E-state index contributed by atoms with van der Waals surface area (Å²) in [5, 5.41) is 4.48. The molecule has 1 N–H and O–H groups in total. The first-order valence-corrected chi connectivity index (χ1v) is 11.5. The number of fused-ring (bicyclic) bond motifs is 1. The van der Waals surface area contributed by atoms with Gasteiger partial charge in [-0.05, 0) is 45.1 Å². The summed E-state index contributed by atoms with van der Waals surface area (Å²) in [5.41, 5.74) is 1.10. The van der Waals surface area contributed by atoms with Crippen LogP contribution in [0.5, 0.6) is 0 Å². The number of carbonyl (C=O) groups is 1. The summed E-state index contributed by atoms with van der Waals surface area (Å²) >= 11 is 2.96. The molecule has 0 radical (unpaired) electrons. The van der Waals surface area contributed by atoms with Crippen molar-refractivity contribution in [3.05, 3.63) is 20.8 Å².